The van der Waals surface area contributed by atoms with Crippen molar-refractivity contribution in [3.63, 3.8) is 0 Å². The quantitative estimate of drug-likeness (QED) is 0.779. The number of nitrogens with zero attached hydrogens (tertiary/aromatic N) is 3. The molecule has 1 fully saturated rings. The Morgan fingerprint density at radius 3 is 2.50 bits per heavy atom. The van der Waals surface area contributed by atoms with Gasteiger partial charge in [0.15, 0.2) is 9.84 Å². The molecule has 0 atom stereocenters. The highest BCUT2D eigenvalue weighted by molar-refractivity contribution is 7.91. The molecule has 0 aromatic heterocycles. The molecular formula is C17H22N4O4S. The normalized spacial score (nSPS) is 20.5. The van der Waals surface area contributed by atoms with Crippen LogP contribution in [0.2, 0.25) is 0 Å². The van der Waals surface area contributed by atoms with Crippen LogP contribution in [0.1, 0.15) is 12.8 Å². The summed E-state index contributed by atoms with van der Waals surface area (Å²) >= 11 is 0. The van der Waals surface area contributed by atoms with Crippen molar-refractivity contribution in [2.24, 2.45) is 5.10 Å². The molecule has 26 heavy (non-hydrogen) atoms. The highest BCUT2D eigenvalue weighted by Crippen LogP contribution is 2.19. The number of sulfone groups is 1. The van der Waals surface area contributed by atoms with Gasteiger partial charge < -0.3 is 5.32 Å². The molecule has 9 heteroatoms. The second-order valence-electron chi connectivity index (χ2n) is 6.34. The molecule has 2 aliphatic rings. The van der Waals surface area contributed by atoms with E-state index in [-0.39, 0.29) is 29.7 Å². The summed E-state index contributed by atoms with van der Waals surface area (Å²) in [5.74, 6) is -0.0887. The van der Waals surface area contributed by atoms with Crippen molar-refractivity contribution in [2.45, 2.75) is 12.8 Å². The van der Waals surface area contributed by atoms with E-state index < -0.39 is 9.84 Å². The van der Waals surface area contributed by atoms with Gasteiger partial charge in [-0.2, -0.15) is 5.10 Å². The van der Waals surface area contributed by atoms with Gasteiger partial charge in [-0.05, 0) is 12.1 Å². The van der Waals surface area contributed by atoms with E-state index in [9.17, 15) is 18.0 Å². The molecule has 8 nitrogen and oxygen atoms in total. The molecular weight excluding hydrogens is 356 g/mol. The predicted molar refractivity (Wildman–Crippen MR) is 98.7 cm³/mol. The maximum absolute atomic E-state index is 12.3. The number of amides is 2. The van der Waals surface area contributed by atoms with E-state index in [1.807, 2.05) is 23.1 Å². The summed E-state index contributed by atoms with van der Waals surface area (Å²) in [4.78, 5) is 26.4. The van der Waals surface area contributed by atoms with Crippen LogP contribution in [-0.2, 0) is 19.4 Å². The lowest BCUT2D eigenvalue weighted by atomic mass is 10.1. The highest BCUT2D eigenvalue weighted by atomic mass is 32.2. The first-order valence-electron chi connectivity index (χ1n) is 8.61. The average Bonchev–Trinajstić information content (AvgIpc) is 2.64. The van der Waals surface area contributed by atoms with Gasteiger partial charge in [0.1, 0.15) is 5.71 Å². The minimum Gasteiger partial charge on any atom is -0.350 e. The number of rotatable bonds is 5. The molecule has 1 N–H and O–H groups in total. The van der Waals surface area contributed by atoms with Gasteiger partial charge in [-0.15, -0.1) is 0 Å². The lowest BCUT2D eigenvalue weighted by molar-refractivity contribution is -0.118. The second-order valence-corrected chi connectivity index (χ2v) is 8.64. The maximum atomic E-state index is 12.3. The average molecular weight is 378 g/mol. The number of carbonyl (C=O) groups excluding carboxylic acids is 2. The number of benzene rings is 1. The molecule has 2 amide bonds. The Hall–Kier alpha value is -2.26. The first-order valence-corrected chi connectivity index (χ1v) is 10.4. The Morgan fingerprint density at radius 2 is 1.81 bits per heavy atom. The third kappa shape index (κ3) is 4.67. The molecule has 0 saturated carbocycles. The molecule has 1 aromatic carbocycles. The molecule has 1 aromatic rings. The third-order valence-corrected chi connectivity index (χ3v) is 6.06. The number of anilines is 1. The first-order chi connectivity index (χ1) is 12.4. The van der Waals surface area contributed by atoms with Gasteiger partial charge in [0.05, 0.1) is 17.2 Å². The molecule has 140 valence electrons. The summed E-state index contributed by atoms with van der Waals surface area (Å²) in [6.45, 7) is 2.00. The third-order valence-electron chi connectivity index (χ3n) is 4.45. The molecule has 2 aliphatic heterocycles. The minimum atomic E-state index is -2.90. The molecule has 0 radical (unpaired) electrons. The van der Waals surface area contributed by atoms with E-state index in [1.165, 1.54) is 5.01 Å². The van der Waals surface area contributed by atoms with Crippen molar-refractivity contribution in [1.82, 2.24) is 10.2 Å². The van der Waals surface area contributed by atoms with Gasteiger partial charge in [0.25, 0.3) is 5.91 Å². The number of nitrogens with one attached hydrogen (secondary N) is 1. The van der Waals surface area contributed by atoms with Crippen molar-refractivity contribution in [3.8, 4) is 0 Å². The van der Waals surface area contributed by atoms with Crippen LogP contribution < -0.4 is 10.3 Å². The number of hydrogen-bond donors (Lipinski definition) is 1. The van der Waals surface area contributed by atoms with Crippen LogP contribution in [0.5, 0.6) is 0 Å². The lowest BCUT2D eigenvalue weighted by Gasteiger charge is -2.26. The summed E-state index contributed by atoms with van der Waals surface area (Å²) in [5, 5.41) is 8.29. The number of hydrogen-bond acceptors (Lipinski definition) is 6. The Balaban J connectivity index is 1.53. The van der Waals surface area contributed by atoms with Gasteiger partial charge in [-0.25, -0.2) is 13.4 Å². The van der Waals surface area contributed by atoms with Crippen LogP contribution in [0.25, 0.3) is 0 Å². The maximum Gasteiger partial charge on any atom is 0.267 e. The standard InChI is InChI=1S/C17H22N4O4S/c22-16-7-6-15(19-21(16)14-4-2-1-3-5-14)17(23)18-8-9-20-10-12-26(24,25)13-11-20/h1-5H,6-13H2,(H,18,23). The summed E-state index contributed by atoms with van der Waals surface area (Å²) in [5.41, 5.74) is 0.965. The van der Waals surface area contributed by atoms with Gasteiger partial charge in [0.2, 0.25) is 5.91 Å². The van der Waals surface area contributed by atoms with Crippen molar-refractivity contribution in [2.75, 3.05) is 42.7 Å². The zero-order chi connectivity index (χ0) is 18.6. The van der Waals surface area contributed by atoms with Crippen molar-refractivity contribution in [1.29, 1.82) is 0 Å². The number of hydrazone groups is 1. The monoisotopic (exact) mass is 378 g/mol. The van der Waals surface area contributed by atoms with E-state index in [4.69, 9.17) is 0 Å². The Morgan fingerprint density at radius 1 is 1.12 bits per heavy atom. The van der Waals surface area contributed by atoms with Crippen LogP contribution >= 0.6 is 0 Å². The summed E-state index contributed by atoms with van der Waals surface area (Å²) in [7, 11) is -2.90. The van der Waals surface area contributed by atoms with Crippen molar-refractivity contribution in [3.05, 3.63) is 30.3 Å². The van der Waals surface area contributed by atoms with E-state index >= 15 is 0 Å². The summed E-state index contributed by atoms with van der Waals surface area (Å²) in [6, 6.07) is 9.01. The first kappa shape index (κ1) is 18.5. The fourth-order valence-electron chi connectivity index (χ4n) is 2.89. The van der Waals surface area contributed by atoms with Crippen molar-refractivity contribution >= 4 is 33.1 Å². The number of para-hydroxylation sites is 1. The SMILES string of the molecule is O=C(NCCN1CCS(=O)(=O)CC1)C1=NN(c2ccccc2)C(=O)CC1. The van der Waals surface area contributed by atoms with Gasteiger partial charge >= 0.3 is 0 Å². The molecule has 0 unspecified atom stereocenters. The molecule has 0 bridgehead atoms. The van der Waals surface area contributed by atoms with E-state index in [0.29, 0.717) is 44.0 Å². The van der Waals surface area contributed by atoms with E-state index in [2.05, 4.69) is 10.4 Å². The summed E-state index contributed by atoms with van der Waals surface area (Å²) in [6.07, 6.45) is 0.557. The zero-order valence-corrected chi connectivity index (χ0v) is 15.2. The molecule has 0 spiro atoms. The van der Waals surface area contributed by atoms with Crippen molar-refractivity contribution < 1.29 is 18.0 Å². The van der Waals surface area contributed by atoms with Crippen LogP contribution in [0.4, 0.5) is 5.69 Å². The van der Waals surface area contributed by atoms with Gasteiger partial charge in [-0.1, -0.05) is 18.2 Å². The molecule has 1 saturated heterocycles. The zero-order valence-electron chi connectivity index (χ0n) is 14.4. The van der Waals surface area contributed by atoms with Crippen LogP contribution in [0.15, 0.2) is 35.4 Å². The topological polar surface area (TPSA) is 99.2 Å². The lowest BCUT2D eigenvalue weighted by Crippen LogP contribution is -2.45. The van der Waals surface area contributed by atoms with E-state index in [0.717, 1.165) is 0 Å². The fourth-order valence-corrected chi connectivity index (χ4v) is 4.17. The highest BCUT2D eigenvalue weighted by Gasteiger charge is 2.26. The predicted octanol–water partition coefficient (Wildman–Crippen LogP) is 0.0160. The fraction of sp³-hybridized carbons (Fsp3) is 0.471. The largest absolute Gasteiger partial charge is 0.350 e. The Bertz CT molecular complexity index is 793. The minimum absolute atomic E-state index is 0.137. The van der Waals surface area contributed by atoms with Gasteiger partial charge in [-0.3, -0.25) is 14.5 Å². The van der Waals surface area contributed by atoms with Crippen LogP contribution in [-0.4, -0.2) is 68.5 Å². The molecule has 3 rings (SSSR count). The second kappa shape index (κ2) is 7.96. The smallest absolute Gasteiger partial charge is 0.267 e. The number of carbonyl (C=O) groups is 2. The molecule has 0 aliphatic carbocycles. The van der Waals surface area contributed by atoms with Crippen LogP contribution in [0.3, 0.4) is 0 Å². The molecule has 2 heterocycles. The van der Waals surface area contributed by atoms with E-state index in [1.54, 1.807) is 12.1 Å². The van der Waals surface area contributed by atoms with Gasteiger partial charge in [0, 0.05) is 39.0 Å². The summed E-state index contributed by atoms with van der Waals surface area (Å²) < 4.78 is 22.8. The Kier molecular flexibility index (Phi) is 5.67. The van der Waals surface area contributed by atoms with Crippen LogP contribution in [0, 0.1) is 0 Å². The Labute approximate surface area is 152 Å².